The molecule has 2 amide bonds. The molecule has 3 unspecified atom stereocenters. The maximum absolute atomic E-state index is 13.4. The Kier molecular flexibility index (Phi) is 9.95. The standard InChI is InChI=1S/C25H34N2O6S/c1-17(28)34-16-19-11-7-2-3-8-12-21(26-23(19)30)24(31)27-14-20(29)13-22(27)25(32)33-15-18-9-5-4-6-10-18/h4-6,9-10,19-22,29H,2-3,7-8,11-16H2,1H3,(H,26,30)/t19?,20-,21?,22?/m1/s1. The molecular formula is C25H34N2O6S. The highest BCUT2D eigenvalue weighted by molar-refractivity contribution is 8.13. The van der Waals surface area contributed by atoms with Gasteiger partial charge in [0.05, 0.1) is 6.10 Å². The number of rotatable bonds is 6. The summed E-state index contributed by atoms with van der Waals surface area (Å²) in [6.07, 6.45) is 4.01. The lowest BCUT2D eigenvalue weighted by molar-refractivity contribution is -0.155. The van der Waals surface area contributed by atoms with Crippen LogP contribution >= 0.6 is 11.8 Å². The zero-order valence-electron chi connectivity index (χ0n) is 19.6. The van der Waals surface area contributed by atoms with Crippen molar-refractivity contribution < 1.29 is 29.0 Å². The van der Waals surface area contributed by atoms with E-state index in [1.807, 2.05) is 30.3 Å². The average molecular weight is 491 g/mol. The highest BCUT2D eigenvalue weighted by Crippen LogP contribution is 2.24. The number of aliphatic hydroxyl groups is 1. The van der Waals surface area contributed by atoms with Crippen molar-refractivity contribution >= 4 is 34.7 Å². The maximum atomic E-state index is 13.4. The second-order valence-electron chi connectivity index (χ2n) is 9.04. The van der Waals surface area contributed by atoms with Crippen molar-refractivity contribution in [2.45, 2.75) is 76.7 Å². The zero-order chi connectivity index (χ0) is 24.5. The fraction of sp³-hybridized carbons (Fsp3) is 0.600. The molecule has 3 rings (SSSR count). The Morgan fingerprint density at radius 2 is 1.82 bits per heavy atom. The molecule has 8 nitrogen and oxygen atoms in total. The summed E-state index contributed by atoms with van der Waals surface area (Å²) in [5.41, 5.74) is 0.835. The van der Waals surface area contributed by atoms with Gasteiger partial charge in [-0.1, -0.05) is 67.8 Å². The number of thioether (sulfide) groups is 1. The number of nitrogens with one attached hydrogen (secondary N) is 1. The zero-order valence-corrected chi connectivity index (χ0v) is 20.4. The summed E-state index contributed by atoms with van der Waals surface area (Å²) in [5, 5.41) is 13.1. The summed E-state index contributed by atoms with van der Waals surface area (Å²) in [6, 6.07) is 7.60. The van der Waals surface area contributed by atoms with E-state index in [9.17, 15) is 24.3 Å². The minimum Gasteiger partial charge on any atom is -0.459 e. The Bertz CT molecular complexity index is 864. The molecule has 2 heterocycles. The van der Waals surface area contributed by atoms with E-state index in [1.165, 1.54) is 11.8 Å². The Morgan fingerprint density at radius 1 is 1.12 bits per heavy atom. The molecule has 4 atom stereocenters. The number of hydrogen-bond acceptors (Lipinski definition) is 7. The van der Waals surface area contributed by atoms with Crippen LogP contribution in [-0.4, -0.2) is 63.4 Å². The van der Waals surface area contributed by atoms with Crippen molar-refractivity contribution in [1.29, 1.82) is 0 Å². The van der Waals surface area contributed by atoms with Gasteiger partial charge in [-0.15, -0.1) is 0 Å². The van der Waals surface area contributed by atoms with Gasteiger partial charge in [0.25, 0.3) is 0 Å². The molecule has 2 aliphatic heterocycles. The first-order valence-electron chi connectivity index (χ1n) is 12.0. The van der Waals surface area contributed by atoms with E-state index in [4.69, 9.17) is 4.74 Å². The molecule has 9 heteroatoms. The third kappa shape index (κ3) is 7.56. The number of benzene rings is 1. The summed E-state index contributed by atoms with van der Waals surface area (Å²) in [6.45, 7) is 1.59. The number of hydrogen-bond donors (Lipinski definition) is 2. The van der Waals surface area contributed by atoms with Crippen molar-refractivity contribution in [2.75, 3.05) is 12.3 Å². The molecule has 2 N–H and O–H groups in total. The van der Waals surface area contributed by atoms with E-state index in [1.54, 1.807) is 0 Å². The van der Waals surface area contributed by atoms with Crippen LogP contribution in [0.3, 0.4) is 0 Å². The number of carbonyl (C=O) groups excluding carboxylic acids is 4. The summed E-state index contributed by atoms with van der Waals surface area (Å²) in [5.74, 6) is -1.13. The fourth-order valence-corrected chi connectivity index (χ4v) is 5.21. The highest BCUT2D eigenvalue weighted by Gasteiger charge is 2.42. The van der Waals surface area contributed by atoms with Crippen molar-refractivity contribution in [3.63, 3.8) is 0 Å². The van der Waals surface area contributed by atoms with Crippen LogP contribution in [0.4, 0.5) is 0 Å². The monoisotopic (exact) mass is 490 g/mol. The number of ether oxygens (including phenoxy) is 1. The molecule has 34 heavy (non-hydrogen) atoms. The van der Waals surface area contributed by atoms with E-state index < -0.39 is 24.2 Å². The van der Waals surface area contributed by atoms with Crippen LogP contribution in [0.25, 0.3) is 0 Å². The lowest BCUT2D eigenvalue weighted by Gasteiger charge is -2.29. The molecule has 1 aromatic carbocycles. The van der Waals surface area contributed by atoms with Crippen molar-refractivity contribution in [3.8, 4) is 0 Å². The van der Waals surface area contributed by atoms with Crippen LogP contribution in [0, 0.1) is 5.92 Å². The summed E-state index contributed by atoms with van der Waals surface area (Å²) < 4.78 is 5.44. The molecule has 0 bridgehead atoms. The van der Waals surface area contributed by atoms with Gasteiger partial charge < -0.3 is 20.1 Å². The van der Waals surface area contributed by atoms with Gasteiger partial charge in [-0.2, -0.15) is 0 Å². The van der Waals surface area contributed by atoms with E-state index in [2.05, 4.69) is 5.32 Å². The molecule has 2 aliphatic rings. The Labute approximate surface area is 204 Å². The van der Waals surface area contributed by atoms with Crippen LogP contribution in [0.5, 0.6) is 0 Å². The molecule has 0 aromatic heterocycles. The molecule has 0 radical (unpaired) electrons. The van der Waals surface area contributed by atoms with Gasteiger partial charge in [-0.25, -0.2) is 4.79 Å². The minimum atomic E-state index is -0.886. The first-order valence-corrected chi connectivity index (χ1v) is 13.0. The van der Waals surface area contributed by atoms with Crippen LogP contribution < -0.4 is 5.32 Å². The molecule has 0 saturated carbocycles. The number of esters is 1. The fourth-order valence-electron chi connectivity index (χ4n) is 4.45. The Hall–Kier alpha value is -2.39. The number of β-amino-alcohol motifs (C(OH)–C–C–N with tert-alkyl or cyclic N) is 1. The van der Waals surface area contributed by atoms with Crippen molar-refractivity contribution in [1.82, 2.24) is 10.2 Å². The van der Waals surface area contributed by atoms with Crippen LogP contribution in [0.15, 0.2) is 30.3 Å². The van der Waals surface area contributed by atoms with Crippen LogP contribution in [-0.2, 0) is 30.5 Å². The summed E-state index contributed by atoms with van der Waals surface area (Å²) in [7, 11) is 0. The maximum Gasteiger partial charge on any atom is 0.329 e. The molecule has 2 saturated heterocycles. The smallest absolute Gasteiger partial charge is 0.329 e. The third-order valence-corrected chi connectivity index (χ3v) is 7.30. The number of likely N-dealkylation sites (tertiary alicyclic amines) is 1. The molecule has 2 fully saturated rings. The van der Waals surface area contributed by atoms with Gasteiger partial charge in [-0.05, 0) is 18.4 Å². The van der Waals surface area contributed by atoms with Gasteiger partial charge in [0.15, 0.2) is 5.12 Å². The van der Waals surface area contributed by atoms with Gasteiger partial charge in [0.1, 0.15) is 18.7 Å². The largest absolute Gasteiger partial charge is 0.459 e. The predicted molar refractivity (Wildman–Crippen MR) is 129 cm³/mol. The lowest BCUT2D eigenvalue weighted by Crippen LogP contribution is -2.53. The minimum absolute atomic E-state index is 0.0277. The molecule has 1 aromatic rings. The molecular weight excluding hydrogens is 456 g/mol. The Morgan fingerprint density at radius 3 is 2.53 bits per heavy atom. The van der Waals surface area contributed by atoms with Gasteiger partial charge in [0.2, 0.25) is 11.8 Å². The van der Waals surface area contributed by atoms with Crippen molar-refractivity contribution in [2.24, 2.45) is 5.92 Å². The molecule has 0 spiro atoms. The SMILES string of the molecule is CC(=O)SCC1CCCCCCC(C(=O)N2C[C@H](O)CC2C(=O)OCc2ccccc2)NC1=O. The Balaban J connectivity index is 1.67. The van der Waals surface area contributed by atoms with E-state index in [-0.39, 0.29) is 42.4 Å². The first-order chi connectivity index (χ1) is 16.3. The van der Waals surface area contributed by atoms with Gasteiger partial charge in [0, 0.05) is 31.6 Å². The number of nitrogens with zero attached hydrogens (tertiary/aromatic N) is 1. The third-order valence-electron chi connectivity index (χ3n) is 6.33. The predicted octanol–water partition coefficient (Wildman–Crippen LogP) is 2.43. The van der Waals surface area contributed by atoms with Gasteiger partial charge in [-0.3, -0.25) is 14.4 Å². The van der Waals surface area contributed by atoms with E-state index >= 15 is 0 Å². The molecule has 186 valence electrons. The van der Waals surface area contributed by atoms with Crippen molar-refractivity contribution in [3.05, 3.63) is 35.9 Å². The highest BCUT2D eigenvalue weighted by atomic mass is 32.2. The number of aliphatic hydroxyl groups excluding tert-OH is 1. The lowest BCUT2D eigenvalue weighted by atomic mass is 9.97. The summed E-state index contributed by atoms with van der Waals surface area (Å²) in [4.78, 5) is 52.0. The first kappa shape index (κ1) is 26.2. The van der Waals surface area contributed by atoms with Gasteiger partial charge >= 0.3 is 5.97 Å². The van der Waals surface area contributed by atoms with Crippen LogP contribution in [0.2, 0.25) is 0 Å². The molecule has 0 aliphatic carbocycles. The normalized spacial score (nSPS) is 25.9. The topological polar surface area (TPSA) is 113 Å². The summed E-state index contributed by atoms with van der Waals surface area (Å²) >= 11 is 1.12. The second-order valence-corrected chi connectivity index (χ2v) is 10.2. The van der Waals surface area contributed by atoms with E-state index in [0.29, 0.717) is 18.6 Å². The van der Waals surface area contributed by atoms with Crippen LogP contribution in [0.1, 0.15) is 57.4 Å². The number of carbonyl (C=O) groups is 4. The quantitative estimate of drug-likeness (QED) is 0.589. The van der Waals surface area contributed by atoms with E-state index in [0.717, 1.165) is 43.0 Å². The second kappa shape index (κ2) is 12.9. The average Bonchev–Trinajstić information content (AvgIpc) is 3.22. The number of amides is 2.